The molecule has 0 aliphatic rings. The van der Waals surface area contributed by atoms with Gasteiger partial charge in [0.15, 0.2) is 0 Å². The maximum Gasteiger partial charge on any atom is 0.250 e. The Morgan fingerprint density at radius 2 is 2.00 bits per heavy atom. The third-order valence-corrected chi connectivity index (χ3v) is 3.15. The van der Waals surface area contributed by atoms with Gasteiger partial charge in [0.05, 0.1) is 5.69 Å². The second kappa shape index (κ2) is 7.40. The Labute approximate surface area is 130 Å². The first kappa shape index (κ1) is 18.2. The lowest BCUT2D eigenvalue weighted by atomic mass is 9.88. The first-order valence-electron chi connectivity index (χ1n) is 7.37. The van der Waals surface area contributed by atoms with Gasteiger partial charge in [-0.25, -0.2) is 0 Å². The van der Waals surface area contributed by atoms with Crippen molar-refractivity contribution in [2.24, 2.45) is 5.41 Å². The number of rotatable bonds is 6. The summed E-state index contributed by atoms with van der Waals surface area (Å²) in [5, 5.41) is 18.8. The summed E-state index contributed by atoms with van der Waals surface area (Å²) in [4.78, 5) is 24.3. The molecular formula is C15H25N3O4. The van der Waals surface area contributed by atoms with Crippen molar-refractivity contribution in [3.8, 4) is 0 Å². The molecule has 2 atom stereocenters. The number of aliphatic hydroxyl groups is 1. The maximum absolute atomic E-state index is 12.2. The monoisotopic (exact) mass is 311 g/mol. The van der Waals surface area contributed by atoms with Gasteiger partial charge in [0.25, 0.3) is 0 Å². The number of carbonyl (C=O) groups excluding carboxylic acids is 2. The van der Waals surface area contributed by atoms with Crippen molar-refractivity contribution in [2.45, 2.75) is 59.6 Å². The van der Waals surface area contributed by atoms with Crippen molar-refractivity contribution in [3.05, 3.63) is 11.8 Å². The number of hydrogen-bond donors (Lipinski definition) is 3. The van der Waals surface area contributed by atoms with Crippen LogP contribution in [0.3, 0.4) is 0 Å². The highest BCUT2D eigenvalue weighted by molar-refractivity contribution is 5.96. The van der Waals surface area contributed by atoms with E-state index in [0.29, 0.717) is 18.5 Å². The Hall–Kier alpha value is -1.89. The molecule has 0 aliphatic carbocycles. The number of anilines is 1. The second-order valence-corrected chi connectivity index (χ2v) is 6.44. The molecule has 1 aromatic rings. The third kappa shape index (κ3) is 5.14. The molecule has 1 rings (SSSR count). The van der Waals surface area contributed by atoms with Crippen molar-refractivity contribution in [2.75, 3.05) is 5.32 Å². The summed E-state index contributed by atoms with van der Waals surface area (Å²) in [6.07, 6.45) is -0.0202. The van der Waals surface area contributed by atoms with E-state index in [9.17, 15) is 14.7 Å². The first-order chi connectivity index (χ1) is 10.1. The summed E-state index contributed by atoms with van der Waals surface area (Å²) < 4.78 is 4.93. The molecule has 7 nitrogen and oxygen atoms in total. The van der Waals surface area contributed by atoms with E-state index in [1.54, 1.807) is 33.8 Å². The van der Waals surface area contributed by atoms with Gasteiger partial charge in [0, 0.05) is 6.07 Å². The average Bonchev–Trinajstić information content (AvgIpc) is 2.81. The van der Waals surface area contributed by atoms with E-state index in [0.717, 1.165) is 0 Å². The highest BCUT2D eigenvalue weighted by Crippen LogP contribution is 2.19. The highest BCUT2D eigenvalue weighted by Gasteiger charge is 2.31. The van der Waals surface area contributed by atoms with Crippen LogP contribution in [-0.4, -0.2) is 34.2 Å². The van der Waals surface area contributed by atoms with E-state index in [1.165, 1.54) is 0 Å². The average molecular weight is 311 g/mol. The van der Waals surface area contributed by atoms with E-state index < -0.39 is 29.4 Å². The molecule has 0 aliphatic heterocycles. The summed E-state index contributed by atoms with van der Waals surface area (Å²) in [5.41, 5.74) is 0.0499. The van der Waals surface area contributed by atoms with Gasteiger partial charge in [0.1, 0.15) is 12.1 Å². The molecule has 0 aromatic carbocycles. The Morgan fingerprint density at radius 3 is 2.45 bits per heavy atom. The number of aryl methyl sites for hydroxylation is 1. The standard InChI is InChI=1S/C15H25N3O4/c1-6-7-10(16-14(21)12(19)15(3,4)5)13(20)17-11-8-9(2)18-22-11/h8,10,12,19H,6-7H2,1-5H3,(H,16,21)(H,17,20). The second-order valence-electron chi connectivity index (χ2n) is 6.44. The van der Waals surface area contributed by atoms with Crippen LogP contribution < -0.4 is 10.6 Å². The number of aromatic nitrogens is 1. The van der Waals surface area contributed by atoms with Crippen molar-refractivity contribution < 1.29 is 19.2 Å². The van der Waals surface area contributed by atoms with E-state index in [4.69, 9.17) is 4.52 Å². The topological polar surface area (TPSA) is 104 Å². The zero-order chi connectivity index (χ0) is 16.9. The summed E-state index contributed by atoms with van der Waals surface area (Å²) in [6, 6.07) is 0.854. The Balaban J connectivity index is 2.72. The fourth-order valence-electron chi connectivity index (χ4n) is 1.83. The highest BCUT2D eigenvalue weighted by atomic mass is 16.5. The molecule has 2 unspecified atom stereocenters. The molecule has 0 saturated carbocycles. The smallest absolute Gasteiger partial charge is 0.250 e. The van der Waals surface area contributed by atoms with E-state index >= 15 is 0 Å². The summed E-state index contributed by atoms with van der Waals surface area (Å²) in [5.74, 6) is -0.725. The van der Waals surface area contributed by atoms with Crippen molar-refractivity contribution in [1.82, 2.24) is 10.5 Å². The molecular weight excluding hydrogens is 286 g/mol. The van der Waals surface area contributed by atoms with Gasteiger partial charge in [0.2, 0.25) is 17.7 Å². The number of nitrogens with one attached hydrogen (secondary N) is 2. The zero-order valence-corrected chi connectivity index (χ0v) is 13.8. The molecule has 1 heterocycles. The quantitative estimate of drug-likeness (QED) is 0.740. The van der Waals surface area contributed by atoms with Crippen LogP contribution in [0.25, 0.3) is 0 Å². The van der Waals surface area contributed by atoms with Crippen LogP contribution in [0, 0.1) is 12.3 Å². The van der Waals surface area contributed by atoms with Crippen LogP contribution in [0.4, 0.5) is 5.88 Å². The van der Waals surface area contributed by atoms with Gasteiger partial charge in [-0.3, -0.25) is 14.9 Å². The molecule has 22 heavy (non-hydrogen) atoms. The minimum Gasteiger partial charge on any atom is -0.383 e. The van der Waals surface area contributed by atoms with Crippen LogP contribution in [-0.2, 0) is 9.59 Å². The summed E-state index contributed by atoms with van der Waals surface area (Å²) in [6.45, 7) is 8.91. The number of aliphatic hydroxyl groups excluding tert-OH is 1. The molecule has 3 N–H and O–H groups in total. The molecule has 1 aromatic heterocycles. The third-order valence-electron chi connectivity index (χ3n) is 3.15. The van der Waals surface area contributed by atoms with Gasteiger partial charge in [-0.2, -0.15) is 0 Å². The molecule has 0 fully saturated rings. The van der Waals surface area contributed by atoms with Gasteiger partial charge in [-0.05, 0) is 18.8 Å². The first-order valence-corrected chi connectivity index (χ1v) is 7.37. The fraction of sp³-hybridized carbons (Fsp3) is 0.667. The predicted molar refractivity (Wildman–Crippen MR) is 82.2 cm³/mol. The minimum atomic E-state index is -1.19. The molecule has 0 bridgehead atoms. The van der Waals surface area contributed by atoms with Crippen LogP contribution in [0.5, 0.6) is 0 Å². The molecule has 0 spiro atoms. The maximum atomic E-state index is 12.2. The van der Waals surface area contributed by atoms with Gasteiger partial charge in [-0.1, -0.05) is 39.3 Å². The van der Waals surface area contributed by atoms with E-state index in [-0.39, 0.29) is 5.88 Å². The van der Waals surface area contributed by atoms with Crippen molar-refractivity contribution >= 4 is 17.7 Å². The number of hydrogen-bond acceptors (Lipinski definition) is 5. The number of carbonyl (C=O) groups is 2. The summed E-state index contributed by atoms with van der Waals surface area (Å²) in [7, 11) is 0. The number of amides is 2. The van der Waals surface area contributed by atoms with Crippen LogP contribution in [0.15, 0.2) is 10.6 Å². The zero-order valence-electron chi connectivity index (χ0n) is 13.8. The minimum absolute atomic E-state index is 0.231. The largest absolute Gasteiger partial charge is 0.383 e. The van der Waals surface area contributed by atoms with Crippen molar-refractivity contribution in [1.29, 1.82) is 0 Å². The van der Waals surface area contributed by atoms with Crippen LogP contribution >= 0.6 is 0 Å². The summed E-state index contributed by atoms with van der Waals surface area (Å²) >= 11 is 0. The van der Waals surface area contributed by atoms with E-state index in [1.807, 2.05) is 6.92 Å². The number of nitrogens with zero attached hydrogens (tertiary/aromatic N) is 1. The lowest BCUT2D eigenvalue weighted by Gasteiger charge is -2.26. The van der Waals surface area contributed by atoms with Gasteiger partial charge >= 0.3 is 0 Å². The Bertz CT molecular complexity index is 519. The van der Waals surface area contributed by atoms with Gasteiger partial charge in [-0.15, -0.1) is 0 Å². The Morgan fingerprint density at radius 1 is 1.36 bits per heavy atom. The van der Waals surface area contributed by atoms with Crippen LogP contribution in [0.2, 0.25) is 0 Å². The lowest BCUT2D eigenvalue weighted by molar-refractivity contribution is -0.137. The molecule has 0 saturated heterocycles. The normalized spacial score (nSPS) is 14.3. The van der Waals surface area contributed by atoms with E-state index in [2.05, 4.69) is 15.8 Å². The molecule has 0 radical (unpaired) electrons. The molecule has 7 heteroatoms. The van der Waals surface area contributed by atoms with Gasteiger partial charge < -0.3 is 14.9 Å². The van der Waals surface area contributed by atoms with Crippen LogP contribution in [0.1, 0.15) is 46.2 Å². The fourth-order valence-corrected chi connectivity index (χ4v) is 1.83. The van der Waals surface area contributed by atoms with Crippen molar-refractivity contribution in [3.63, 3.8) is 0 Å². The molecule has 2 amide bonds. The predicted octanol–water partition coefficient (Wildman–Crippen LogP) is 1.61. The molecule has 124 valence electrons. The SMILES string of the molecule is CCCC(NC(=O)C(O)C(C)(C)C)C(=O)Nc1cc(C)no1. The lowest BCUT2D eigenvalue weighted by Crippen LogP contribution is -2.50. The Kier molecular flexibility index (Phi) is 6.11.